The number of halogens is 3. The lowest BCUT2D eigenvalue weighted by Crippen LogP contribution is -2.23. The van der Waals surface area contributed by atoms with Crippen LogP contribution in [0.25, 0.3) is 27.9 Å². The third-order valence-electron chi connectivity index (χ3n) is 7.24. The van der Waals surface area contributed by atoms with E-state index in [4.69, 9.17) is 11.6 Å². The number of aromatic nitrogens is 2. The summed E-state index contributed by atoms with van der Waals surface area (Å²) in [6.07, 6.45) is 3.61. The number of aromatic hydroxyl groups is 1. The fourth-order valence-electron chi connectivity index (χ4n) is 4.93. The van der Waals surface area contributed by atoms with Gasteiger partial charge in [-0.2, -0.15) is 0 Å². The van der Waals surface area contributed by atoms with Gasteiger partial charge < -0.3 is 10.4 Å². The number of fused-ring (bicyclic) bond motifs is 1. The molecule has 6 nitrogen and oxygen atoms in total. The Kier molecular flexibility index (Phi) is 7.18. The minimum absolute atomic E-state index is 0.0397. The maximum absolute atomic E-state index is 14.8. The Morgan fingerprint density at radius 1 is 1.13 bits per heavy atom. The molecule has 2 aromatic heterocycles. The van der Waals surface area contributed by atoms with Gasteiger partial charge in [-0.3, -0.25) is 15.3 Å². The molecule has 1 fully saturated rings. The molecule has 1 aliphatic rings. The van der Waals surface area contributed by atoms with Crippen LogP contribution in [0.5, 0.6) is 5.75 Å². The zero-order chi connectivity index (χ0) is 28.0. The van der Waals surface area contributed by atoms with Gasteiger partial charge in [-0.05, 0) is 79.6 Å². The number of benzene rings is 2. The SMILES string of the molecule is C=C(NCC(c1cc(N(C)O)c(O)c(-c2cc(C)c(F)cc2F)n1)C1CC1)c1cc(C)c2ncc(Cl)cc2c1. The van der Waals surface area contributed by atoms with Crippen molar-refractivity contribution in [3.8, 4) is 17.0 Å². The maximum atomic E-state index is 14.8. The summed E-state index contributed by atoms with van der Waals surface area (Å²) in [6.45, 7) is 8.21. The molecule has 1 aliphatic carbocycles. The van der Waals surface area contributed by atoms with Crippen LogP contribution in [-0.2, 0) is 0 Å². The number of pyridine rings is 2. The average molecular weight is 551 g/mol. The third kappa shape index (κ3) is 5.40. The first-order valence-corrected chi connectivity index (χ1v) is 13.0. The van der Waals surface area contributed by atoms with Gasteiger partial charge >= 0.3 is 0 Å². The number of rotatable bonds is 8. The summed E-state index contributed by atoms with van der Waals surface area (Å²) in [4.78, 5) is 9.07. The molecule has 9 heteroatoms. The lowest BCUT2D eigenvalue weighted by atomic mass is 9.96. The minimum atomic E-state index is -0.847. The highest BCUT2D eigenvalue weighted by atomic mass is 35.5. The molecular formula is C30H29ClF2N4O2. The lowest BCUT2D eigenvalue weighted by molar-refractivity contribution is 0.275. The molecule has 1 unspecified atom stereocenters. The molecule has 39 heavy (non-hydrogen) atoms. The van der Waals surface area contributed by atoms with Crippen LogP contribution in [0.3, 0.4) is 0 Å². The predicted molar refractivity (Wildman–Crippen MR) is 150 cm³/mol. The van der Waals surface area contributed by atoms with Gasteiger partial charge in [0.25, 0.3) is 0 Å². The number of anilines is 1. The van der Waals surface area contributed by atoms with Crippen molar-refractivity contribution >= 4 is 33.9 Å². The summed E-state index contributed by atoms with van der Waals surface area (Å²) < 4.78 is 28.8. The molecule has 0 saturated heterocycles. The summed E-state index contributed by atoms with van der Waals surface area (Å²) in [5, 5.41) is 26.8. The van der Waals surface area contributed by atoms with Crippen molar-refractivity contribution in [2.75, 3.05) is 18.7 Å². The van der Waals surface area contributed by atoms with E-state index in [9.17, 15) is 19.1 Å². The quantitative estimate of drug-likeness (QED) is 0.202. The maximum Gasteiger partial charge on any atom is 0.168 e. The number of hydrogen-bond donors (Lipinski definition) is 3. The zero-order valence-electron chi connectivity index (χ0n) is 21.9. The molecule has 0 aliphatic heterocycles. The van der Waals surface area contributed by atoms with E-state index in [1.807, 2.05) is 25.1 Å². The van der Waals surface area contributed by atoms with Crippen LogP contribution < -0.4 is 10.4 Å². The van der Waals surface area contributed by atoms with E-state index >= 15 is 0 Å². The van der Waals surface area contributed by atoms with Crippen molar-refractivity contribution in [2.45, 2.75) is 32.6 Å². The molecule has 0 spiro atoms. The zero-order valence-corrected chi connectivity index (χ0v) is 22.7. The van der Waals surface area contributed by atoms with Crippen molar-refractivity contribution in [1.29, 1.82) is 0 Å². The van der Waals surface area contributed by atoms with E-state index in [1.54, 1.807) is 12.3 Å². The van der Waals surface area contributed by atoms with Gasteiger partial charge in [-0.15, -0.1) is 0 Å². The van der Waals surface area contributed by atoms with E-state index in [2.05, 4.69) is 21.9 Å². The van der Waals surface area contributed by atoms with Crippen LogP contribution in [0.15, 0.2) is 49.2 Å². The van der Waals surface area contributed by atoms with Crippen LogP contribution in [0.2, 0.25) is 5.02 Å². The van der Waals surface area contributed by atoms with E-state index in [-0.39, 0.29) is 34.2 Å². The van der Waals surface area contributed by atoms with Crippen LogP contribution in [0.1, 0.15) is 41.1 Å². The van der Waals surface area contributed by atoms with Crippen molar-refractivity contribution < 1.29 is 19.1 Å². The van der Waals surface area contributed by atoms with Crippen LogP contribution in [0, 0.1) is 31.4 Å². The molecule has 5 rings (SSSR count). The minimum Gasteiger partial charge on any atom is -0.504 e. The average Bonchev–Trinajstić information content (AvgIpc) is 3.72. The molecule has 4 aromatic rings. The van der Waals surface area contributed by atoms with Gasteiger partial charge in [-0.25, -0.2) is 13.8 Å². The second-order valence-corrected chi connectivity index (χ2v) is 10.6. The molecule has 3 N–H and O–H groups in total. The van der Waals surface area contributed by atoms with Crippen molar-refractivity contribution in [1.82, 2.24) is 15.3 Å². The Labute approximate surface area is 230 Å². The van der Waals surface area contributed by atoms with Gasteiger partial charge in [0.2, 0.25) is 0 Å². The van der Waals surface area contributed by atoms with Gasteiger partial charge in [0, 0.05) is 54.1 Å². The van der Waals surface area contributed by atoms with Crippen LogP contribution in [0.4, 0.5) is 14.5 Å². The van der Waals surface area contributed by atoms with Crippen LogP contribution >= 0.6 is 11.6 Å². The van der Waals surface area contributed by atoms with Gasteiger partial charge in [0.05, 0.1) is 10.5 Å². The van der Waals surface area contributed by atoms with Crippen molar-refractivity contribution in [3.05, 3.63) is 88.2 Å². The van der Waals surface area contributed by atoms with E-state index < -0.39 is 11.6 Å². The molecule has 0 bridgehead atoms. The van der Waals surface area contributed by atoms with Gasteiger partial charge in [0.15, 0.2) is 5.75 Å². The Bertz CT molecular complexity index is 1600. The van der Waals surface area contributed by atoms with E-state index in [1.165, 1.54) is 20.0 Å². The van der Waals surface area contributed by atoms with E-state index in [0.29, 0.717) is 28.9 Å². The lowest BCUT2D eigenvalue weighted by Gasteiger charge is -2.23. The van der Waals surface area contributed by atoms with Crippen molar-refractivity contribution in [2.24, 2.45) is 5.92 Å². The second kappa shape index (κ2) is 10.4. The Morgan fingerprint density at radius 3 is 2.56 bits per heavy atom. The highest BCUT2D eigenvalue weighted by molar-refractivity contribution is 6.31. The first kappa shape index (κ1) is 26.8. The molecule has 2 heterocycles. The Balaban J connectivity index is 1.49. The molecule has 1 atom stereocenters. The Hall–Kier alpha value is -3.75. The summed E-state index contributed by atoms with van der Waals surface area (Å²) in [7, 11) is 1.37. The number of aryl methyl sites for hydroxylation is 2. The fourth-order valence-corrected chi connectivity index (χ4v) is 5.10. The summed E-state index contributed by atoms with van der Waals surface area (Å²) in [5.41, 5.74) is 4.27. The first-order chi connectivity index (χ1) is 18.5. The monoisotopic (exact) mass is 550 g/mol. The van der Waals surface area contributed by atoms with Crippen LogP contribution in [-0.4, -0.2) is 33.9 Å². The highest BCUT2D eigenvalue weighted by Crippen LogP contribution is 2.45. The predicted octanol–water partition coefficient (Wildman–Crippen LogP) is 7.13. The second-order valence-electron chi connectivity index (χ2n) is 10.2. The summed E-state index contributed by atoms with van der Waals surface area (Å²) in [5.74, 6) is -1.72. The first-order valence-electron chi connectivity index (χ1n) is 12.6. The summed E-state index contributed by atoms with van der Waals surface area (Å²) >= 11 is 6.16. The largest absolute Gasteiger partial charge is 0.504 e. The van der Waals surface area contributed by atoms with E-state index in [0.717, 1.165) is 46.0 Å². The number of nitrogens with one attached hydrogen (secondary N) is 1. The van der Waals surface area contributed by atoms with Crippen molar-refractivity contribution in [3.63, 3.8) is 0 Å². The molecule has 1 saturated carbocycles. The smallest absolute Gasteiger partial charge is 0.168 e. The van der Waals surface area contributed by atoms with Gasteiger partial charge in [-0.1, -0.05) is 18.2 Å². The molecule has 2 aromatic carbocycles. The third-order valence-corrected chi connectivity index (χ3v) is 7.45. The number of hydroxylamine groups is 1. The molecule has 0 amide bonds. The summed E-state index contributed by atoms with van der Waals surface area (Å²) in [6, 6.07) is 9.56. The number of nitrogens with zero attached hydrogens (tertiary/aromatic N) is 3. The Morgan fingerprint density at radius 2 is 1.87 bits per heavy atom. The number of hydrogen-bond acceptors (Lipinski definition) is 6. The normalized spacial score (nSPS) is 13.9. The standard InChI is InChI=1S/C30H29ClF2N4O2/c1-15-8-22(25(33)11-24(15)32)29-30(38)27(37(4)39)12-26(36-29)23(18-5-6-18)14-34-17(3)19-7-16(2)28-20(9-19)10-21(31)13-35-28/h7-13,18,23,34,38-39H,3,5-6,14H2,1-2,4H3. The molecule has 202 valence electrons. The van der Waals surface area contributed by atoms with Gasteiger partial charge in [0.1, 0.15) is 23.0 Å². The molecule has 0 radical (unpaired) electrons. The topological polar surface area (TPSA) is 81.5 Å². The highest BCUT2D eigenvalue weighted by Gasteiger charge is 2.35. The molecular weight excluding hydrogens is 522 g/mol. The fraction of sp³-hybridized carbons (Fsp3) is 0.267.